The second-order valence-electron chi connectivity index (χ2n) is 3.80. The van der Waals surface area contributed by atoms with Gasteiger partial charge in [0.25, 0.3) is 0 Å². The Morgan fingerprint density at radius 3 is 2.20 bits per heavy atom. The van der Waals surface area contributed by atoms with Gasteiger partial charge in [0.2, 0.25) is 0 Å². The van der Waals surface area contributed by atoms with E-state index in [0.717, 1.165) is 12.8 Å². The molecule has 0 N–H and O–H groups in total. The summed E-state index contributed by atoms with van der Waals surface area (Å²) in [6.07, 6.45) is 5.72. The molecule has 0 aromatic rings. The van der Waals surface area contributed by atoms with Gasteiger partial charge in [-0.25, -0.2) is 0 Å². The average Bonchev–Trinajstić information content (AvgIpc) is 2.14. The topological polar surface area (TPSA) is 0 Å². The Bertz CT molecular complexity index is 202. The van der Waals surface area contributed by atoms with E-state index in [1.54, 1.807) is 0 Å². The predicted molar refractivity (Wildman–Crippen MR) is 57.5 cm³/mol. The first kappa shape index (κ1) is 16.6. The zero-order chi connectivity index (χ0) is 10.6. The van der Waals surface area contributed by atoms with Crippen LogP contribution in [0.15, 0.2) is 12.1 Å². The summed E-state index contributed by atoms with van der Waals surface area (Å²) < 4.78 is 36.5. The third-order valence-electron chi connectivity index (χ3n) is 2.52. The number of hydrogen-bond acceptors (Lipinski definition) is 1. The van der Waals surface area contributed by atoms with Gasteiger partial charge < -0.3 is 12.9 Å². The van der Waals surface area contributed by atoms with Gasteiger partial charge in [-0.1, -0.05) is 19.3 Å². The Labute approximate surface area is 136 Å². The third kappa shape index (κ3) is 6.78. The van der Waals surface area contributed by atoms with Crippen molar-refractivity contribution in [1.29, 1.82) is 0 Å². The molecule has 0 aromatic carbocycles. The minimum atomic E-state index is -4.82. The monoisotopic (exact) mass is 262 g/mol. The molecule has 0 unspecified atom stereocenters. The molecular formula is C9H15BF3KS. The first-order chi connectivity index (χ1) is 6.50. The quantitative estimate of drug-likeness (QED) is 0.681. The van der Waals surface area contributed by atoms with Crippen LogP contribution in [-0.4, -0.2) is 18.0 Å². The molecule has 15 heavy (non-hydrogen) atoms. The van der Waals surface area contributed by atoms with Crippen molar-refractivity contribution in [2.24, 2.45) is 0 Å². The minimum absolute atomic E-state index is 0. The van der Waals surface area contributed by atoms with E-state index in [1.807, 2.05) is 0 Å². The van der Waals surface area contributed by atoms with Gasteiger partial charge in [0.05, 0.1) is 0 Å². The van der Waals surface area contributed by atoms with E-state index in [2.05, 4.69) is 6.58 Å². The van der Waals surface area contributed by atoms with Crippen molar-refractivity contribution >= 4 is 18.7 Å². The van der Waals surface area contributed by atoms with Crippen molar-refractivity contribution in [3.63, 3.8) is 0 Å². The molecule has 0 bridgehead atoms. The maximum absolute atomic E-state index is 12.2. The van der Waals surface area contributed by atoms with Crippen LogP contribution in [0, 0.1) is 0 Å². The van der Waals surface area contributed by atoms with Crippen LogP contribution in [0.4, 0.5) is 12.9 Å². The molecule has 0 nitrogen and oxygen atoms in total. The van der Waals surface area contributed by atoms with Crippen LogP contribution in [0.2, 0.25) is 0 Å². The van der Waals surface area contributed by atoms with Gasteiger partial charge in [0.15, 0.2) is 0 Å². The summed E-state index contributed by atoms with van der Waals surface area (Å²) in [7, 11) is 0. The van der Waals surface area contributed by atoms with E-state index in [1.165, 1.54) is 31.0 Å². The largest absolute Gasteiger partial charge is 1.00 e. The van der Waals surface area contributed by atoms with E-state index in [9.17, 15) is 12.9 Å². The van der Waals surface area contributed by atoms with E-state index in [-0.39, 0.29) is 57.1 Å². The van der Waals surface area contributed by atoms with Crippen LogP contribution >= 0.6 is 11.8 Å². The summed E-state index contributed by atoms with van der Waals surface area (Å²) in [5.41, 5.74) is -0.541. The number of rotatable bonds is 4. The molecule has 1 saturated carbocycles. The molecule has 0 heterocycles. The predicted octanol–water partition coefficient (Wildman–Crippen LogP) is 0.999. The molecule has 1 fully saturated rings. The van der Waals surface area contributed by atoms with Gasteiger partial charge in [-0.05, 0) is 18.6 Å². The molecule has 6 heteroatoms. The zero-order valence-corrected chi connectivity index (χ0v) is 13.1. The van der Waals surface area contributed by atoms with E-state index in [0.29, 0.717) is 5.25 Å². The molecule has 0 aromatic heterocycles. The summed E-state index contributed by atoms with van der Waals surface area (Å²) in [5.74, 6) is 0.0637. The van der Waals surface area contributed by atoms with E-state index in [4.69, 9.17) is 0 Å². The minimum Gasteiger partial charge on any atom is -0.445 e. The standard InChI is InChI=1S/C9H15BF3S.K/c1-8(10(11,12)13)7-14-9-5-3-2-4-6-9;/h9H,1-7H2;/q-1;+1. The van der Waals surface area contributed by atoms with Gasteiger partial charge >= 0.3 is 58.4 Å². The van der Waals surface area contributed by atoms with Crippen LogP contribution in [0.5, 0.6) is 0 Å². The van der Waals surface area contributed by atoms with Crippen molar-refractivity contribution in [3.8, 4) is 0 Å². The Hall–Kier alpha value is 1.58. The van der Waals surface area contributed by atoms with E-state index < -0.39 is 12.4 Å². The van der Waals surface area contributed by atoms with Gasteiger partial charge in [-0.2, -0.15) is 11.8 Å². The molecule has 82 valence electrons. The van der Waals surface area contributed by atoms with Crippen molar-refractivity contribution < 1.29 is 64.3 Å². The Balaban J connectivity index is 0.00000196. The smallest absolute Gasteiger partial charge is 0.445 e. The van der Waals surface area contributed by atoms with Gasteiger partial charge in [-0.15, -0.1) is 12.1 Å². The van der Waals surface area contributed by atoms with Crippen LogP contribution < -0.4 is 51.4 Å². The SMILES string of the molecule is C=C(CSC1CCCCC1)[B-](F)(F)F.[K+]. The van der Waals surface area contributed by atoms with Gasteiger partial charge in [-0.3, -0.25) is 0 Å². The summed E-state index contributed by atoms with van der Waals surface area (Å²) in [4.78, 5) is 0. The molecule has 0 spiro atoms. The second kappa shape index (κ2) is 7.82. The van der Waals surface area contributed by atoms with Crippen LogP contribution in [0.3, 0.4) is 0 Å². The van der Waals surface area contributed by atoms with Crippen molar-refractivity contribution in [1.82, 2.24) is 0 Å². The molecule has 1 aliphatic rings. The molecule has 1 aliphatic carbocycles. The number of hydrogen-bond donors (Lipinski definition) is 0. The summed E-state index contributed by atoms with van der Waals surface area (Å²) in [6.45, 7) is -1.72. The summed E-state index contributed by atoms with van der Waals surface area (Å²) in [6, 6.07) is 0. The first-order valence-electron chi connectivity index (χ1n) is 4.99. The molecule has 1 rings (SSSR count). The fraction of sp³-hybridized carbons (Fsp3) is 0.778. The maximum Gasteiger partial charge on any atom is 1.00 e. The average molecular weight is 262 g/mol. The Morgan fingerprint density at radius 1 is 1.20 bits per heavy atom. The number of thioether (sulfide) groups is 1. The van der Waals surface area contributed by atoms with Crippen molar-refractivity contribution in [3.05, 3.63) is 12.1 Å². The summed E-state index contributed by atoms with van der Waals surface area (Å²) >= 11 is 1.43. The first-order valence-corrected chi connectivity index (χ1v) is 6.04. The molecular weight excluding hydrogens is 247 g/mol. The molecule has 0 amide bonds. The molecule has 0 saturated heterocycles. The normalized spacial score (nSPS) is 18.3. The van der Waals surface area contributed by atoms with Gasteiger partial charge in [0, 0.05) is 5.25 Å². The zero-order valence-electron chi connectivity index (χ0n) is 9.15. The fourth-order valence-corrected chi connectivity index (χ4v) is 2.86. The van der Waals surface area contributed by atoms with Crippen LogP contribution in [0.25, 0.3) is 0 Å². The Morgan fingerprint density at radius 2 is 1.73 bits per heavy atom. The third-order valence-corrected chi connectivity index (χ3v) is 4.00. The fourth-order valence-electron chi connectivity index (χ4n) is 1.55. The second-order valence-corrected chi connectivity index (χ2v) is 5.09. The van der Waals surface area contributed by atoms with Crippen molar-refractivity contribution in [2.45, 2.75) is 37.4 Å². The van der Waals surface area contributed by atoms with Gasteiger partial charge in [0.1, 0.15) is 0 Å². The maximum atomic E-state index is 12.2. The van der Waals surface area contributed by atoms with E-state index >= 15 is 0 Å². The molecule has 0 aliphatic heterocycles. The molecule has 0 radical (unpaired) electrons. The van der Waals surface area contributed by atoms with Crippen LogP contribution in [0.1, 0.15) is 32.1 Å². The summed E-state index contributed by atoms with van der Waals surface area (Å²) in [5, 5.41) is 0.429. The van der Waals surface area contributed by atoms with Crippen molar-refractivity contribution in [2.75, 3.05) is 5.75 Å². The number of halogens is 3. The van der Waals surface area contributed by atoms with Crippen LogP contribution in [-0.2, 0) is 0 Å². The Kier molecular flexibility index (Phi) is 8.65. The molecule has 0 atom stereocenters.